The second-order valence-corrected chi connectivity index (χ2v) is 7.07. The van der Waals surface area contributed by atoms with Gasteiger partial charge in [-0.15, -0.1) is 0 Å². The molecule has 0 radical (unpaired) electrons. The molecule has 0 aromatic heterocycles. The summed E-state index contributed by atoms with van der Waals surface area (Å²) in [6.07, 6.45) is 2.10. The van der Waals surface area contributed by atoms with Gasteiger partial charge in [0.15, 0.2) is 9.84 Å². The number of aliphatic hydroxyl groups is 1. The van der Waals surface area contributed by atoms with Gasteiger partial charge in [0.05, 0.1) is 5.75 Å². The smallest absolute Gasteiger partial charge is 0.150 e. The lowest BCUT2D eigenvalue weighted by molar-refractivity contribution is 0.0363. The summed E-state index contributed by atoms with van der Waals surface area (Å²) in [6.45, 7) is 0. The highest BCUT2D eigenvalue weighted by molar-refractivity contribution is 7.90. The molecular formula is C12H17NO3S. The van der Waals surface area contributed by atoms with E-state index in [0.717, 1.165) is 11.8 Å². The first-order valence-electron chi connectivity index (χ1n) is 5.54. The summed E-state index contributed by atoms with van der Waals surface area (Å²) in [5.41, 5.74) is 6.19. The van der Waals surface area contributed by atoms with Crippen molar-refractivity contribution < 1.29 is 13.5 Å². The lowest BCUT2D eigenvalue weighted by atomic mass is 9.78. The molecule has 1 aromatic carbocycles. The maximum atomic E-state index is 11.4. The minimum Gasteiger partial charge on any atom is -0.384 e. The van der Waals surface area contributed by atoms with E-state index in [1.165, 1.54) is 0 Å². The number of benzene rings is 1. The number of hydrogen-bond donors (Lipinski definition) is 2. The SMILES string of the molecule is CS(=O)(=O)CC1(O)CC(N)Cc2ccccc21. The molecule has 0 aliphatic heterocycles. The molecule has 1 aromatic rings. The van der Waals surface area contributed by atoms with Crippen molar-refractivity contribution in [1.29, 1.82) is 0 Å². The van der Waals surface area contributed by atoms with E-state index in [4.69, 9.17) is 5.73 Å². The zero-order chi connectivity index (χ0) is 12.7. The summed E-state index contributed by atoms with van der Waals surface area (Å²) in [7, 11) is -3.25. The minimum atomic E-state index is -3.25. The molecule has 0 amide bonds. The zero-order valence-electron chi connectivity index (χ0n) is 9.76. The highest BCUT2D eigenvalue weighted by Crippen LogP contribution is 2.35. The average Bonchev–Trinajstić information content (AvgIpc) is 2.13. The summed E-state index contributed by atoms with van der Waals surface area (Å²) in [4.78, 5) is 0. The van der Waals surface area contributed by atoms with Gasteiger partial charge in [-0.1, -0.05) is 24.3 Å². The number of rotatable bonds is 2. The molecule has 1 aliphatic carbocycles. The van der Waals surface area contributed by atoms with E-state index in [2.05, 4.69) is 0 Å². The predicted octanol–water partition coefficient (Wildman–Crippen LogP) is 0.192. The average molecular weight is 255 g/mol. The topological polar surface area (TPSA) is 80.4 Å². The van der Waals surface area contributed by atoms with Crippen molar-refractivity contribution in [3.63, 3.8) is 0 Å². The normalized spacial score (nSPS) is 28.8. The van der Waals surface area contributed by atoms with Gasteiger partial charge in [-0.05, 0) is 24.0 Å². The summed E-state index contributed by atoms with van der Waals surface area (Å²) >= 11 is 0. The van der Waals surface area contributed by atoms with Crippen LogP contribution in [0.25, 0.3) is 0 Å². The maximum absolute atomic E-state index is 11.4. The highest BCUT2D eigenvalue weighted by Gasteiger charge is 2.39. The highest BCUT2D eigenvalue weighted by atomic mass is 32.2. The van der Waals surface area contributed by atoms with Gasteiger partial charge < -0.3 is 10.8 Å². The fourth-order valence-corrected chi connectivity index (χ4v) is 3.76. The lowest BCUT2D eigenvalue weighted by Gasteiger charge is -2.36. The zero-order valence-corrected chi connectivity index (χ0v) is 10.6. The Labute approximate surface area is 101 Å². The van der Waals surface area contributed by atoms with Crippen LogP contribution in [0.2, 0.25) is 0 Å². The van der Waals surface area contributed by atoms with Crippen molar-refractivity contribution in [2.45, 2.75) is 24.5 Å². The van der Waals surface area contributed by atoms with Crippen LogP contribution in [0.15, 0.2) is 24.3 Å². The molecule has 17 heavy (non-hydrogen) atoms. The molecule has 0 bridgehead atoms. The molecule has 0 saturated carbocycles. The van der Waals surface area contributed by atoms with Gasteiger partial charge in [0, 0.05) is 12.3 Å². The van der Waals surface area contributed by atoms with Crippen molar-refractivity contribution in [3.8, 4) is 0 Å². The Morgan fingerprint density at radius 1 is 1.47 bits per heavy atom. The van der Waals surface area contributed by atoms with Crippen LogP contribution in [0, 0.1) is 0 Å². The van der Waals surface area contributed by atoms with Gasteiger partial charge >= 0.3 is 0 Å². The third kappa shape index (κ3) is 2.68. The predicted molar refractivity (Wildman–Crippen MR) is 66.3 cm³/mol. The number of nitrogens with two attached hydrogens (primary N) is 1. The van der Waals surface area contributed by atoms with Gasteiger partial charge in [0.1, 0.15) is 5.60 Å². The van der Waals surface area contributed by atoms with E-state index < -0.39 is 15.4 Å². The fraction of sp³-hybridized carbons (Fsp3) is 0.500. The van der Waals surface area contributed by atoms with E-state index >= 15 is 0 Å². The van der Waals surface area contributed by atoms with Crippen LogP contribution in [0.1, 0.15) is 17.5 Å². The van der Waals surface area contributed by atoms with Gasteiger partial charge in [-0.3, -0.25) is 0 Å². The molecule has 0 spiro atoms. The second kappa shape index (κ2) is 4.08. The van der Waals surface area contributed by atoms with E-state index in [0.29, 0.717) is 12.0 Å². The molecule has 94 valence electrons. The van der Waals surface area contributed by atoms with Crippen LogP contribution in [0.3, 0.4) is 0 Å². The van der Waals surface area contributed by atoms with E-state index in [1.54, 1.807) is 6.07 Å². The van der Waals surface area contributed by atoms with Crippen molar-refractivity contribution in [3.05, 3.63) is 35.4 Å². The third-order valence-electron chi connectivity index (χ3n) is 3.10. The van der Waals surface area contributed by atoms with Crippen LogP contribution in [0.5, 0.6) is 0 Å². The van der Waals surface area contributed by atoms with Crippen molar-refractivity contribution in [1.82, 2.24) is 0 Å². The largest absolute Gasteiger partial charge is 0.384 e. The molecule has 0 heterocycles. The lowest BCUT2D eigenvalue weighted by Crippen LogP contribution is -2.45. The Morgan fingerprint density at radius 2 is 2.12 bits per heavy atom. The Hall–Kier alpha value is -0.910. The molecule has 0 fully saturated rings. The molecule has 5 heteroatoms. The summed E-state index contributed by atoms with van der Waals surface area (Å²) < 4.78 is 22.8. The first-order chi connectivity index (χ1) is 7.80. The van der Waals surface area contributed by atoms with E-state index in [9.17, 15) is 13.5 Å². The first kappa shape index (κ1) is 12.5. The van der Waals surface area contributed by atoms with Crippen LogP contribution >= 0.6 is 0 Å². The molecule has 4 nitrogen and oxygen atoms in total. The van der Waals surface area contributed by atoms with Gasteiger partial charge in [0.25, 0.3) is 0 Å². The quantitative estimate of drug-likeness (QED) is 0.790. The van der Waals surface area contributed by atoms with Crippen molar-refractivity contribution in [2.75, 3.05) is 12.0 Å². The van der Waals surface area contributed by atoms with E-state index in [-0.39, 0.29) is 18.2 Å². The molecule has 2 unspecified atom stereocenters. The Balaban J connectivity index is 2.48. The standard InChI is InChI=1S/C12H17NO3S/c1-17(15,16)8-12(14)7-10(13)6-9-4-2-3-5-11(9)12/h2-5,10,14H,6-8,13H2,1H3. The number of sulfone groups is 1. The monoisotopic (exact) mass is 255 g/mol. The van der Waals surface area contributed by atoms with Crippen molar-refractivity contribution in [2.24, 2.45) is 5.73 Å². The number of fused-ring (bicyclic) bond motifs is 1. The Kier molecular flexibility index (Phi) is 3.01. The first-order valence-corrected chi connectivity index (χ1v) is 7.60. The van der Waals surface area contributed by atoms with Crippen LogP contribution < -0.4 is 5.73 Å². The maximum Gasteiger partial charge on any atom is 0.150 e. The molecule has 2 atom stereocenters. The van der Waals surface area contributed by atoms with Crippen LogP contribution in [-0.4, -0.2) is 31.6 Å². The Bertz CT molecular complexity index is 526. The molecule has 2 rings (SSSR count). The van der Waals surface area contributed by atoms with Crippen molar-refractivity contribution >= 4 is 9.84 Å². The molecular weight excluding hydrogens is 238 g/mol. The van der Waals surface area contributed by atoms with Gasteiger partial charge in [-0.2, -0.15) is 0 Å². The molecule has 0 saturated heterocycles. The summed E-state index contributed by atoms with van der Waals surface area (Å²) in [5, 5.41) is 10.6. The van der Waals surface area contributed by atoms with Crippen LogP contribution in [0.4, 0.5) is 0 Å². The van der Waals surface area contributed by atoms with Crippen LogP contribution in [-0.2, 0) is 21.9 Å². The molecule has 1 aliphatic rings. The molecule has 3 N–H and O–H groups in total. The third-order valence-corrected chi connectivity index (χ3v) is 4.10. The Morgan fingerprint density at radius 3 is 2.76 bits per heavy atom. The van der Waals surface area contributed by atoms with Gasteiger partial charge in [0.2, 0.25) is 0 Å². The number of hydrogen-bond acceptors (Lipinski definition) is 4. The fourth-order valence-electron chi connectivity index (χ4n) is 2.62. The van der Waals surface area contributed by atoms with Gasteiger partial charge in [-0.25, -0.2) is 8.42 Å². The summed E-state index contributed by atoms with van der Waals surface area (Å²) in [5.74, 6) is -0.273. The minimum absolute atomic E-state index is 0.198. The second-order valence-electron chi connectivity index (χ2n) is 4.93. The summed E-state index contributed by atoms with van der Waals surface area (Å²) in [6, 6.07) is 7.16. The van der Waals surface area contributed by atoms with E-state index in [1.807, 2.05) is 18.2 Å².